The molecule has 1 spiro atoms. The van der Waals surface area contributed by atoms with Crippen LogP contribution in [0.25, 0.3) is 5.57 Å². The molecule has 1 saturated carbocycles. The van der Waals surface area contributed by atoms with Gasteiger partial charge in [-0.15, -0.1) is 0 Å². The molecule has 1 amide bonds. The Hall–Kier alpha value is -3.71. The highest BCUT2D eigenvalue weighted by atomic mass is 16.5. The monoisotopic (exact) mass is 1250 g/mol. The molecule has 510 valence electrons. The maximum Gasteiger partial charge on any atom is 0.302 e. The van der Waals surface area contributed by atoms with E-state index in [9.17, 15) is 4.79 Å². The lowest BCUT2D eigenvalue weighted by atomic mass is 9.55. The van der Waals surface area contributed by atoms with E-state index in [1.165, 1.54) is 64.6 Å². The van der Waals surface area contributed by atoms with E-state index in [-0.39, 0.29) is 59.0 Å². The number of benzene rings is 1. The Bertz CT molecular complexity index is 2490. The van der Waals surface area contributed by atoms with Crippen LogP contribution in [-0.2, 0) is 38.1 Å². The number of rotatable bonds is 30. The van der Waals surface area contributed by atoms with Crippen LogP contribution in [0.15, 0.2) is 46.7 Å². The summed E-state index contributed by atoms with van der Waals surface area (Å²) < 4.78 is 29.1. The molecule has 6 fully saturated rings. The van der Waals surface area contributed by atoms with Crippen molar-refractivity contribution in [3.8, 4) is 0 Å². The van der Waals surface area contributed by atoms with Crippen molar-refractivity contribution in [1.82, 2.24) is 35.4 Å². The zero-order valence-corrected chi connectivity index (χ0v) is 56.5. The molecule has 16 nitrogen and oxygen atoms in total. The quantitative estimate of drug-likeness (QED) is 0.0557. The van der Waals surface area contributed by atoms with Gasteiger partial charge in [0.1, 0.15) is 6.79 Å². The van der Waals surface area contributed by atoms with E-state index in [1.54, 1.807) is 7.11 Å². The first-order valence-corrected chi connectivity index (χ1v) is 34.3. The van der Waals surface area contributed by atoms with Crippen molar-refractivity contribution in [3.05, 3.63) is 57.8 Å². The van der Waals surface area contributed by atoms with Crippen LogP contribution in [0.3, 0.4) is 0 Å². The van der Waals surface area contributed by atoms with Crippen molar-refractivity contribution in [2.45, 2.75) is 210 Å². The lowest BCUT2D eigenvalue weighted by Gasteiger charge is -2.56. The van der Waals surface area contributed by atoms with Crippen LogP contribution in [-0.4, -0.2) is 212 Å². The summed E-state index contributed by atoms with van der Waals surface area (Å²) in [4.78, 5) is 48.8. The Balaban J connectivity index is 0.00000292. The number of carbonyl (C=O) groups excluding carboxylic acids is 3. The predicted octanol–water partition coefficient (Wildman–Crippen LogP) is 11.7. The highest BCUT2D eigenvalue weighted by Crippen LogP contribution is 2.56. The summed E-state index contributed by atoms with van der Waals surface area (Å²) in [6.45, 7) is 39.5. The van der Waals surface area contributed by atoms with Gasteiger partial charge >= 0.3 is 5.97 Å². The van der Waals surface area contributed by atoms with Gasteiger partial charge in [-0.25, -0.2) is 5.43 Å². The molecular weight excluding hydrogens is 1120 g/mol. The summed E-state index contributed by atoms with van der Waals surface area (Å²) >= 11 is 0. The van der Waals surface area contributed by atoms with Crippen LogP contribution in [0.5, 0.6) is 0 Å². The number of ether oxygens (including phenoxy) is 5. The first-order valence-electron chi connectivity index (χ1n) is 34.3. The maximum absolute atomic E-state index is 15.3. The fraction of sp³-hybridized carbons (Fsp3) is 0.795. The molecule has 0 radical (unpaired) electrons. The lowest BCUT2D eigenvalue weighted by molar-refractivity contribution is -0.191. The molecule has 6 heterocycles. The van der Waals surface area contributed by atoms with Crippen molar-refractivity contribution in [3.63, 3.8) is 0 Å². The van der Waals surface area contributed by atoms with Crippen molar-refractivity contribution in [2.24, 2.45) is 34.5 Å². The number of nitrogens with one attached hydrogen (secondary N) is 2. The van der Waals surface area contributed by atoms with Crippen LogP contribution in [0, 0.1) is 34.5 Å². The van der Waals surface area contributed by atoms with Crippen LogP contribution >= 0.6 is 0 Å². The van der Waals surface area contributed by atoms with E-state index in [4.69, 9.17) is 28.5 Å². The van der Waals surface area contributed by atoms with E-state index in [0.29, 0.717) is 53.9 Å². The molecule has 4 unspecified atom stereocenters. The Morgan fingerprint density at radius 3 is 2.33 bits per heavy atom. The zero-order valence-electron chi connectivity index (χ0n) is 56.5. The fourth-order valence-corrected chi connectivity index (χ4v) is 16.5. The van der Waals surface area contributed by atoms with Crippen molar-refractivity contribution < 1.29 is 40.9 Å². The van der Waals surface area contributed by atoms with Crippen LogP contribution in [0.1, 0.15) is 187 Å². The molecule has 6 aliphatic heterocycles. The molecule has 9 rings (SSSR count). The van der Waals surface area contributed by atoms with Gasteiger partial charge in [0.25, 0.3) is 5.91 Å². The zero-order chi connectivity index (χ0) is 62.6. The number of hydrazine groups is 1. The smallest absolute Gasteiger partial charge is 0.302 e. The number of anilines is 1. The van der Waals surface area contributed by atoms with E-state index in [1.807, 2.05) is 18.9 Å². The predicted molar refractivity (Wildman–Crippen MR) is 368 cm³/mol. The van der Waals surface area contributed by atoms with Gasteiger partial charge in [-0.2, -0.15) is 0 Å². The maximum atomic E-state index is 15.3. The summed E-state index contributed by atoms with van der Waals surface area (Å²) in [5.74, 6) is 2.01. The summed E-state index contributed by atoms with van der Waals surface area (Å²) in [7, 11) is 5.88. The second kappa shape index (κ2) is 34.4. The third-order valence-electron chi connectivity index (χ3n) is 21.8. The number of carbonyl (C=O) groups is 3. The molecule has 2 aliphatic carbocycles. The Labute approximate surface area is 543 Å². The number of allylic oxidation sites excluding steroid dienone is 4. The number of likely N-dealkylation sites (N-methyl/N-ethyl adjacent to an activating group) is 1. The minimum atomic E-state index is -0.314. The minimum Gasteiger partial charge on any atom is -0.465 e. The molecule has 0 aromatic heterocycles. The number of fused-ring (bicyclic) bond motifs is 2. The average molecular weight is 1250 g/mol. The highest BCUT2D eigenvalue weighted by Gasteiger charge is 2.54. The summed E-state index contributed by atoms with van der Waals surface area (Å²) in [5, 5.41) is 6.19. The van der Waals surface area contributed by atoms with Crippen molar-refractivity contribution >= 4 is 29.9 Å². The SMILES string of the molecule is C.C.C=O.CCC1C(C2=C([C@H](C)OC)N(C)CC(CCCN(CCOC)C(C)C)=C2)=C(CC(C)(C)COC(C)=O)c2cc(N(CC)CCCCC(C3CC4(COC4)C3)[C@H](NC[C@@H]3C(C)C(C)CN(C4COC4)C[C@@H]4CCCN43)C(=O)N3CCCCN3)ccc21.[HH].[HH]. The molecule has 8 atom stereocenters. The average Bonchev–Trinajstić information content (AvgIpc) is 1.74. The first-order chi connectivity index (χ1) is 41.9. The third kappa shape index (κ3) is 18.0. The molecule has 2 N–H and O–H groups in total. The van der Waals surface area contributed by atoms with Gasteiger partial charge in [0.05, 0.1) is 63.5 Å². The molecular formula is C73H130N8O8. The minimum absolute atomic E-state index is 0. The van der Waals surface area contributed by atoms with Gasteiger partial charge in [0.2, 0.25) is 0 Å². The van der Waals surface area contributed by atoms with E-state index < -0.39 is 0 Å². The number of hydrogen-bond acceptors (Lipinski definition) is 15. The summed E-state index contributed by atoms with van der Waals surface area (Å²) in [5.41, 5.74) is 14.3. The normalized spacial score (nSPS) is 25.1. The number of nitrogens with zero attached hydrogens (tertiary/aromatic N) is 6. The van der Waals surface area contributed by atoms with E-state index >= 15 is 4.79 Å². The Morgan fingerprint density at radius 1 is 0.955 bits per heavy atom. The topological polar surface area (TPSA) is 141 Å². The van der Waals surface area contributed by atoms with Gasteiger partial charge in [-0.05, 0) is 176 Å². The second-order valence-electron chi connectivity index (χ2n) is 28.8. The third-order valence-corrected chi connectivity index (χ3v) is 21.8. The first kappa shape index (κ1) is 74.3. The molecule has 1 aromatic carbocycles. The molecule has 89 heavy (non-hydrogen) atoms. The molecule has 0 bridgehead atoms. The van der Waals surface area contributed by atoms with E-state index in [2.05, 4.69) is 129 Å². The number of unbranched alkanes of at least 4 members (excludes halogenated alkanes) is 1. The van der Waals surface area contributed by atoms with Crippen LogP contribution in [0.2, 0.25) is 0 Å². The number of esters is 1. The van der Waals surface area contributed by atoms with Crippen molar-refractivity contribution in [2.75, 3.05) is 138 Å². The van der Waals surface area contributed by atoms with Gasteiger partial charge in [-0.1, -0.05) is 73.6 Å². The van der Waals surface area contributed by atoms with Gasteiger partial charge < -0.3 is 43.6 Å². The van der Waals surface area contributed by atoms with Gasteiger partial charge in [0.15, 0.2) is 0 Å². The Kier molecular flexibility index (Phi) is 28.8. The summed E-state index contributed by atoms with van der Waals surface area (Å²) in [6, 6.07) is 9.06. The largest absolute Gasteiger partial charge is 0.465 e. The second-order valence-corrected chi connectivity index (χ2v) is 28.8. The van der Waals surface area contributed by atoms with Gasteiger partial charge in [0, 0.05) is 136 Å². The standard InChI is InChI=1S/C70H116N8O7.CH2O.2CH4.2H2/c1-14-58-60-26-25-55(35-61(60)63(38-69(9,10)45-85-52(8)79)65(58)62-34-53(41-73(11)67(62)51(7)82-13)22-20-29-75(48(3)4)32-33-81-12)74(15-2)28-18-16-24-59(54-36-70(37-54)46-84-47-70)66(68(80)78-31-19-17-27-72-78)71-39-64-50(6)49(5)40-76(57-43-83-44-57)42-56-23-21-30-77(56)64;1-2;;;;/h25-26,34-35,48-51,54,56-59,64,66,71-72H,14-24,27-33,36-47H2,1-13H3;1H2;2*1H4;2*1H/t49?,50?,51-,56-,58?,59?,64+,66-;;;;;/m0...../s1. The van der Waals surface area contributed by atoms with Crippen molar-refractivity contribution in [1.29, 1.82) is 0 Å². The van der Waals surface area contributed by atoms with Gasteiger partial charge in [-0.3, -0.25) is 29.3 Å². The number of amides is 1. The van der Waals surface area contributed by atoms with E-state index in [0.717, 1.165) is 176 Å². The lowest BCUT2D eigenvalue weighted by Crippen LogP contribution is -2.64. The number of methoxy groups -OCH3 is 2. The molecule has 1 aromatic rings. The molecule has 8 aliphatic rings. The molecule has 5 saturated heterocycles. The highest BCUT2D eigenvalue weighted by molar-refractivity contribution is 5.86. The molecule has 16 heteroatoms. The van der Waals surface area contributed by atoms with Crippen LogP contribution in [0.4, 0.5) is 5.69 Å². The van der Waals surface area contributed by atoms with Crippen LogP contribution < -0.4 is 15.6 Å². The number of hydrogen-bond donors (Lipinski definition) is 2. The fourth-order valence-electron chi connectivity index (χ4n) is 16.5. The summed E-state index contributed by atoms with van der Waals surface area (Å²) in [6.07, 6.45) is 16.4. The Morgan fingerprint density at radius 2 is 1.71 bits per heavy atom.